The van der Waals surface area contributed by atoms with Crippen LogP contribution in [0.2, 0.25) is 0 Å². The van der Waals surface area contributed by atoms with E-state index < -0.39 is 0 Å². The summed E-state index contributed by atoms with van der Waals surface area (Å²) in [5.74, 6) is 0. The van der Waals surface area contributed by atoms with Crippen LogP contribution >= 0.6 is 0 Å². The molecule has 1 aromatic heterocycles. The predicted molar refractivity (Wildman–Crippen MR) is 63.0 cm³/mol. The minimum atomic E-state index is 0.683. The van der Waals surface area contributed by atoms with E-state index in [4.69, 9.17) is 0 Å². The van der Waals surface area contributed by atoms with Gasteiger partial charge in [0.15, 0.2) is 0 Å². The van der Waals surface area contributed by atoms with E-state index in [0.29, 0.717) is 6.04 Å². The summed E-state index contributed by atoms with van der Waals surface area (Å²) in [6, 6.07) is 0.683. The minimum Gasteiger partial charge on any atom is -0.346 e. The average molecular weight is 193 g/mol. The maximum atomic E-state index is 2.52. The van der Waals surface area contributed by atoms with E-state index in [-0.39, 0.29) is 0 Å². The van der Waals surface area contributed by atoms with Crippen LogP contribution in [-0.2, 0) is 0 Å². The Hall–Kier alpha value is -0.720. The van der Waals surface area contributed by atoms with Crippen LogP contribution in [0.1, 0.15) is 55.2 Å². The van der Waals surface area contributed by atoms with Gasteiger partial charge in [0.2, 0.25) is 0 Å². The minimum absolute atomic E-state index is 0.683. The molecular weight excluding hydrogens is 170 g/mol. The fraction of sp³-hybridized carbons (Fsp3) is 0.692. The second-order valence-electron chi connectivity index (χ2n) is 4.26. The first-order valence-corrected chi connectivity index (χ1v) is 5.69. The van der Waals surface area contributed by atoms with E-state index in [1.807, 2.05) is 0 Å². The Kier molecular flexibility index (Phi) is 3.41. The van der Waals surface area contributed by atoms with E-state index in [1.165, 1.54) is 35.4 Å². The van der Waals surface area contributed by atoms with Crippen molar-refractivity contribution in [2.75, 3.05) is 0 Å². The number of hydrogen-bond donors (Lipinski definition) is 0. The van der Waals surface area contributed by atoms with Crippen molar-refractivity contribution >= 4 is 0 Å². The van der Waals surface area contributed by atoms with Crippen LogP contribution in [0.5, 0.6) is 0 Å². The second-order valence-corrected chi connectivity index (χ2v) is 4.26. The van der Waals surface area contributed by atoms with Crippen LogP contribution in [0.25, 0.3) is 0 Å². The number of hydrogen-bond acceptors (Lipinski definition) is 0. The topological polar surface area (TPSA) is 4.93 Å². The summed E-state index contributed by atoms with van der Waals surface area (Å²) in [6.45, 7) is 13.5. The van der Waals surface area contributed by atoms with Gasteiger partial charge in [0, 0.05) is 17.4 Å². The van der Waals surface area contributed by atoms with Crippen molar-refractivity contribution < 1.29 is 0 Å². The molecule has 0 saturated heterocycles. The van der Waals surface area contributed by atoms with E-state index in [9.17, 15) is 0 Å². The summed E-state index contributed by atoms with van der Waals surface area (Å²) in [4.78, 5) is 0. The Morgan fingerprint density at radius 3 is 1.50 bits per heavy atom. The maximum absolute atomic E-state index is 2.52. The predicted octanol–water partition coefficient (Wildman–Crippen LogP) is 4.08. The van der Waals surface area contributed by atoms with Gasteiger partial charge in [-0.25, -0.2) is 0 Å². The Labute approximate surface area is 88.1 Å². The average Bonchev–Trinajstić information content (AvgIpc) is 2.37. The third-order valence-electron chi connectivity index (χ3n) is 3.68. The first kappa shape index (κ1) is 11.4. The number of aromatic nitrogens is 1. The van der Waals surface area contributed by atoms with Crippen LogP contribution < -0.4 is 0 Å². The molecule has 0 saturated carbocycles. The summed E-state index contributed by atoms with van der Waals surface area (Å²) in [5.41, 5.74) is 5.84. The zero-order valence-corrected chi connectivity index (χ0v) is 10.4. The van der Waals surface area contributed by atoms with E-state index in [1.54, 1.807) is 0 Å². The fourth-order valence-corrected chi connectivity index (χ4v) is 2.36. The molecule has 0 aliphatic rings. The normalized spacial score (nSPS) is 11.4. The molecule has 1 heteroatoms. The third-order valence-corrected chi connectivity index (χ3v) is 3.68. The zero-order valence-electron chi connectivity index (χ0n) is 10.4. The molecule has 0 fully saturated rings. The molecule has 0 amide bonds. The van der Waals surface area contributed by atoms with Gasteiger partial charge in [-0.1, -0.05) is 13.8 Å². The van der Waals surface area contributed by atoms with Crippen LogP contribution in [0, 0.1) is 27.7 Å². The molecule has 0 radical (unpaired) electrons. The molecule has 1 rings (SSSR count). The highest BCUT2D eigenvalue weighted by Gasteiger charge is 2.15. The first-order valence-electron chi connectivity index (χ1n) is 5.69. The zero-order chi connectivity index (χ0) is 10.9. The highest BCUT2D eigenvalue weighted by atomic mass is 15.0. The summed E-state index contributed by atoms with van der Waals surface area (Å²) in [7, 11) is 0. The molecular formula is C13H23N. The van der Waals surface area contributed by atoms with Crippen molar-refractivity contribution in [3.05, 3.63) is 22.5 Å². The van der Waals surface area contributed by atoms with Gasteiger partial charge < -0.3 is 4.57 Å². The van der Waals surface area contributed by atoms with Gasteiger partial charge in [-0.3, -0.25) is 0 Å². The first-order chi connectivity index (χ1) is 6.54. The Balaban J connectivity index is 3.26. The van der Waals surface area contributed by atoms with Gasteiger partial charge >= 0.3 is 0 Å². The smallest absolute Gasteiger partial charge is 0.0330 e. The van der Waals surface area contributed by atoms with Gasteiger partial charge in [0.1, 0.15) is 0 Å². The van der Waals surface area contributed by atoms with Gasteiger partial charge in [-0.05, 0) is 51.7 Å². The number of nitrogens with zero attached hydrogens (tertiary/aromatic N) is 1. The van der Waals surface area contributed by atoms with Crippen LogP contribution in [-0.4, -0.2) is 4.57 Å². The Morgan fingerprint density at radius 1 is 0.857 bits per heavy atom. The molecule has 0 bridgehead atoms. The summed E-state index contributed by atoms with van der Waals surface area (Å²) >= 11 is 0. The molecule has 1 aromatic rings. The highest BCUT2D eigenvalue weighted by Crippen LogP contribution is 2.27. The molecule has 0 unspecified atom stereocenters. The van der Waals surface area contributed by atoms with Crippen molar-refractivity contribution in [3.8, 4) is 0 Å². The van der Waals surface area contributed by atoms with Crippen LogP contribution in [0.4, 0.5) is 0 Å². The van der Waals surface area contributed by atoms with Gasteiger partial charge in [0.25, 0.3) is 0 Å². The standard InChI is InChI=1S/C13H23N/c1-7-13(8-2)14-11(5)9(3)10(4)12(14)6/h13H,7-8H2,1-6H3. The van der Waals surface area contributed by atoms with Crippen molar-refractivity contribution in [2.45, 2.75) is 60.4 Å². The maximum Gasteiger partial charge on any atom is 0.0330 e. The lowest BCUT2D eigenvalue weighted by Crippen LogP contribution is -2.10. The Bertz CT molecular complexity index is 291. The monoisotopic (exact) mass is 193 g/mol. The van der Waals surface area contributed by atoms with Gasteiger partial charge in [0.05, 0.1) is 0 Å². The van der Waals surface area contributed by atoms with E-state index in [2.05, 4.69) is 46.1 Å². The quantitative estimate of drug-likeness (QED) is 0.681. The van der Waals surface area contributed by atoms with Gasteiger partial charge in [-0.15, -0.1) is 0 Å². The molecule has 1 heterocycles. The molecule has 0 aliphatic heterocycles. The Morgan fingerprint density at radius 2 is 1.21 bits per heavy atom. The SMILES string of the molecule is CCC(CC)n1c(C)c(C)c(C)c1C. The molecule has 14 heavy (non-hydrogen) atoms. The van der Waals surface area contributed by atoms with Crippen LogP contribution in [0.3, 0.4) is 0 Å². The lowest BCUT2D eigenvalue weighted by atomic mass is 10.1. The third kappa shape index (κ3) is 1.60. The summed E-state index contributed by atoms with van der Waals surface area (Å²) in [5, 5.41) is 0. The lowest BCUT2D eigenvalue weighted by molar-refractivity contribution is 0.456. The molecule has 0 spiro atoms. The molecule has 0 aliphatic carbocycles. The van der Waals surface area contributed by atoms with Crippen LogP contribution in [0.15, 0.2) is 0 Å². The molecule has 1 nitrogen and oxygen atoms in total. The molecule has 80 valence electrons. The lowest BCUT2D eigenvalue weighted by Gasteiger charge is -2.19. The van der Waals surface area contributed by atoms with Crippen molar-refractivity contribution in [3.63, 3.8) is 0 Å². The van der Waals surface area contributed by atoms with Crippen molar-refractivity contribution in [1.29, 1.82) is 0 Å². The van der Waals surface area contributed by atoms with E-state index in [0.717, 1.165) is 0 Å². The highest BCUT2D eigenvalue weighted by molar-refractivity contribution is 5.35. The van der Waals surface area contributed by atoms with Gasteiger partial charge in [-0.2, -0.15) is 0 Å². The second kappa shape index (κ2) is 4.20. The van der Waals surface area contributed by atoms with Crippen molar-refractivity contribution in [2.24, 2.45) is 0 Å². The molecule has 0 aromatic carbocycles. The fourth-order valence-electron chi connectivity index (χ4n) is 2.36. The molecule has 0 N–H and O–H groups in total. The number of rotatable bonds is 3. The largest absolute Gasteiger partial charge is 0.346 e. The molecule has 0 atom stereocenters. The summed E-state index contributed by atoms with van der Waals surface area (Å²) in [6.07, 6.45) is 2.46. The van der Waals surface area contributed by atoms with Crippen molar-refractivity contribution in [1.82, 2.24) is 4.57 Å². The summed E-state index contributed by atoms with van der Waals surface area (Å²) < 4.78 is 2.52. The van der Waals surface area contributed by atoms with E-state index >= 15 is 0 Å².